The molecular formula is C34H33FN4O3. The third kappa shape index (κ3) is 5.57. The van der Waals surface area contributed by atoms with Gasteiger partial charge >= 0.3 is 6.09 Å². The highest BCUT2D eigenvalue weighted by molar-refractivity contribution is 6.04. The molecule has 42 heavy (non-hydrogen) atoms. The molecule has 2 aliphatic rings. The van der Waals surface area contributed by atoms with Gasteiger partial charge in [0.25, 0.3) is 0 Å². The molecule has 2 atom stereocenters. The molecule has 4 aromatic rings. The second kappa shape index (κ2) is 10.9. The lowest BCUT2D eigenvalue weighted by molar-refractivity contribution is -0.122. The summed E-state index contributed by atoms with van der Waals surface area (Å²) in [6, 6.07) is 19.2. The van der Waals surface area contributed by atoms with E-state index in [1.807, 2.05) is 69.3 Å². The Morgan fingerprint density at radius 2 is 1.79 bits per heavy atom. The van der Waals surface area contributed by atoms with Crippen molar-refractivity contribution in [2.24, 2.45) is 5.92 Å². The number of likely N-dealkylation sites (tertiary alicyclic amines) is 1. The number of ether oxygens (including phenoxy) is 1. The number of halogens is 1. The molecular weight excluding hydrogens is 531 g/mol. The molecule has 2 amide bonds. The average Bonchev–Trinajstić information content (AvgIpc) is 3.35. The highest BCUT2D eigenvalue weighted by Crippen LogP contribution is 2.38. The van der Waals surface area contributed by atoms with Crippen LogP contribution >= 0.6 is 0 Å². The van der Waals surface area contributed by atoms with E-state index in [9.17, 15) is 14.0 Å². The summed E-state index contributed by atoms with van der Waals surface area (Å²) in [5, 5.41) is 3.82. The number of nitrogens with zero attached hydrogens (tertiary/aromatic N) is 2. The maximum atomic E-state index is 13.7. The van der Waals surface area contributed by atoms with Crippen LogP contribution in [0.2, 0.25) is 0 Å². The van der Waals surface area contributed by atoms with Crippen molar-refractivity contribution in [3.63, 3.8) is 0 Å². The zero-order valence-corrected chi connectivity index (χ0v) is 23.9. The van der Waals surface area contributed by atoms with Crippen molar-refractivity contribution in [3.05, 3.63) is 96.3 Å². The normalized spacial score (nSPS) is 18.4. The van der Waals surface area contributed by atoms with Gasteiger partial charge in [0.2, 0.25) is 5.91 Å². The van der Waals surface area contributed by atoms with E-state index in [1.165, 1.54) is 12.1 Å². The summed E-state index contributed by atoms with van der Waals surface area (Å²) < 4.78 is 19.4. The Kier molecular flexibility index (Phi) is 7.14. The lowest BCUT2D eigenvalue weighted by Crippen LogP contribution is -2.54. The number of fused-ring (bicyclic) bond motifs is 2. The Morgan fingerprint density at radius 3 is 2.52 bits per heavy atom. The summed E-state index contributed by atoms with van der Waals surface area (Å²) in [6.07, 6.45) is 6.89. The first kappa shape index (κ1) is 27.4. The second-order valence-electron chi connectivity index (χ2n) is 11.8. The maximum absolute atomic E-state index is 13.7. The minimum atomic E-state index is -0.732. The molecule has 1 unspecified atom stereocenters. The Labute approximate surface area is 244 Å². The van der Waals surface area contributed by atoms with Gasteiger partial charge in [-0.2, -0.15) is 0 Å². The minimum Gasteiger partial charge on any atom is -0.444 e. The Hall–Kier alpha value is -4.72. The Morgan fingerprint density at radius 1 is 1.02 bits per heavy atom. The monoisotopic (exact) mass is 564 g/mol. The van der Waals surface area contributed by atoms with E-state index in [1.54, 1.807) is 23.1 Å². The molecule has 2 aromatic heterocycles. The molecule has 6 rings (SSSR count). The summed E-state index contributed by atoms with van der Waals surface area (Å²) in [4.78, 5) is 36.6. The van der Waals surface area contributed by atoms with Crippen LogP contribution in [0.15, 0.2) is 90.5 Å². The topological polar surface area (TPSA) is 87.3 Å². The Balaban J connectivity index is 1.33. The van der Waals surface area contributed by atoms with Gasteiger partial charge < -0.3 is 15.0 Å². The first-order chi connectivity index (χ1) is 20.2. The summed E-state index contributed by atoms with van der Waals surface area (Å²) in [7, 11) is 0. The number of aromatic amines is 1. The number of anilines is 1. The predicted octanol–water partition coefficient (Wildman–Crippen LogP) is 7.49. The molecule has 3 heterocycles. The van der Waals surface area contributed by atoms with Crippen molar-refractivity contribution in [3.8, 4) is 22.4 Å². The molecule has 1 fully saturated rings. The van der Waals surface area contributed by atoms with Crippen molar-refractivity contribution < 1.29 is 18.7 Å². The van der Waals surface area contributed by atoms with E-state index >= 15 is 0 Å². The molecule has 0 bridgehead atoms. The van der Waals surface area contributed by atoms with Crippen LogP contribution in [0.3, 0.4) is 0 Å². The molecule has 7 nitrogen and oxygen atoms in total. The summed E-state index contributed by atoms with van der Waals surface area (Å²) in [5.74, 6) is -0.104. The number of pyridine rings is 1. The fourth-order valence-electron chi connectivity index (χ4n) is 5.69. The number of carbonyl (C=O) groups excluding carboxylic acids is 2. The van der Waals surface area contributed by atoms with Crippen LogP contribution in [-0.4, -0.2) is 45.1 Å². The zero-order valence-electron chi connectivity index (χ0n) is 23.9. The summed E-state index contributed by atoms with van der Waals surface area (Å²) in [5.41, 5.74) is 4.60. The number of benzene rings is 2. The van der Waals surface area contributed by atoms with Gasteiger partial charge in [-0.15, -0.1) is 0 Å². The molecule has 8 heteroatoms. The van der Waals surface area contributed by atoms with Crippen LogP contribution in [0.1, 0.15) is 33.6 Å². The van der Waals surface area contributed by atoms with Gasteiger partial charge in [0.05, 0.1) is 5.69 Å². The molecule has 1 aliphatic heterocycles. The standard InChI is InChI=1S/C34H33FN4O3/c1-34(2,3)42-33(41)39-20-24-12-8-7-11-23(24)19-27(39)32(40)37-28-18-17-26-29(21-9-5-4-6-10-21)30(38-31(26)36-28)22-13-15-25(35)16-14-22/h4-11,13-18,24,27H,12,19-20H2,1-3H3,(H2,36,37,38,40)/t24?,27-/m0/s1. The van der Waals surface area contributed by atoms with E-state index in [2.05, 4.69) is 16.4 Å². The van der Waals surface area contributed by atoms with Crippen molar-refractivity contribution in [1.82, 2.24) is 14.9 Å². The number of carbonyl (C=O) groups is 2. The van der Waals surface area contributed by atoms with Crippen molar-refractivity contribution >= 4 is 28.9 Å². The van der Waals surface area contributed by atoms with Crippen LogP contribution in [0, 0.1) is 11.7 Å². The number of amides is 2. The van der Waals surface area contributed by atoms with E-state index in [4.69, 9.17) is 9.72 Å². The van der Waals surface area contributed by atoms with Crippen molar-refractivity contribution in [2.45, 2.75) is 45.3 Å². The molecule has 214 valence electrons. The lowest BCUT2D eigenvalue weighted by Gasteiger charge is -2.41. The van der Waals surface area contributed by atoms with E-state index in [0.29, 0.717) is 24.4 Å². The molecule has 0 spiro atoms. The van der Waals surface area contributed by atoms with Gasteiger partial charge in [-0.1, -0.05) is 54.1 Å². The predicted molar refractivity (Wildman–Crippen MR) is 162 cm³/mol. The fraction of sp³-hybridized carbons (Fsp3) is 0.265. The third-order valence-corrected chi connectivity index (χ3v) is 7.65. The number of hydrogen-bond donors (Lipinski definition) is 2. The van der Waals surface area contributed by atoms with Crippen LogP contribution in [-0.2, 0) is 9.53 Å². The third-order valence-electron chi connectivity index (χ3n) is 7.65. The van der Waals surface area contributed by atoms with Gasteiger partial charge in [-0.25, -0.2) is 14.2 Å². The number of hydrogen-bond acceptors (Lipinski definition) is 4. The van der Waals surface area contributed by atoms with Gasteiger partial charge in [0.15, 0.2) is 0 Å². The fourth-order valence-corrected chi connectivity index (χ4v) is 5.69. The zero-order chi connectivity index (χ0) is 29.4. The number of piperidine rings is 1. The highest BCUT2D eigenvalue weighted by Gasteiger charge is 2.40. The van der Waals surface area contributed by atoms with Gasteiger partial charge in [0, 0.05) is 23.4 Å². The molecule has 0 radical (unpaired) electrons. The molecule has 1 saturated heterocycles. The molecule has 2 N–H and O–H groups in total. The van der Waals surface area contributed by atoms with Crippen molar-refractivity contribution in [1.29, 1.82) is 0 Å². The minimum absolute atomic E-state index is 0.168. The van der Waals surface area contributed by atoms with Gasteiger partial charge in [-0.05, 0) is 81.1 Å². The SMILES string of the molecule is CC(C)(C)OC(=O)N1CC2CC=CC=C2C[C@H]1C(=O)Nc1ccc2c(-c3ccccc3)c(-c3ccc(F)cc3)[nH]c2n1. The largest absolute Gasteiger partial charge is 0.444 e. The second-order valence-corrected chi connectivity index (χ2v) is 11.8. The van der Waals surface area contributed by atoms with Gasteiger partial charge in [-0.3, -0.25) is 9.69 Å². The summed E-state index contributed by atoms with van der Waals surface area (Å²) in [6.45, 7) is 5.86. The first-order valence-corrected chi connectivity index (χ1v) is 14.2. The number of allylic oxidation sites excluding steroid dienone is 3. The van der Waals surface area contributed by atoms with E-state index < -0.39 is 17.7 Å². The van der Waals surface area contributed by atoms with Crippen LogP contribution in [0.5, 0.6) is 0 Å². The molecule has 0 saturated carbocycles. The smallest absolute Gasteiger partial charge is 0.411 e. The number of aromatic nitrogens is 2. The number of rotatable bonds is 4. The lowest BCUT2D eigenvalue weighted by atomic mass is 9.82. The Bertz CT molecular complexity index is 1700. The van der Waals surface area contributed by atoms with Gasteiger partial charge in [0.1, 0.15) is 28.9 Å². The average molecular weight is 565 g/mol. The summed E-state index contributed by atoms with van der Waals surface area (Å²) >= 11 is 0. The van der Waals surface area contributed by atoms with Crippen LogP contribution in [0.4, 0.5) is 15.0 Å². The first-order valence-electron chi connectivity index (χ1n) is 14.2. The number of nitrogens with one attached hydrogen (secondary N) is 2. The highest BCUT2D eigenvalue weighted by atomic mass is 19.1. The quantitative estimate of drug-likeness (QED) is 0.269. The molecule has 1 aliphatic carbocycles. The maximum Gasteiger partial charge on any atom is 0.411 e. The van der Waals surface area contributed by atoms with Crippen LogP contribution in [0.25, 0.3) is 33.4 Å². The molecule has 2 aromatic carbocycles. The number of H-pyrrole nitrogens is 1. The van der Waals surface area contributed by atoms with E-state index in [0.717, 1.165) is 39.8 Å². The van der Waals surface area contributed by atoms with Crippen LogP contribution < -0.4 is 5.32 Å². The van der Waals surface area contributed by atoms with E-state index in [-0.39, 0.29) is 17.6 Å². The van der Waals surface area contributed by atoms with Crippen molar-refractivity contribution in [2.75, 3.05) is 11.9 Å².